The normalized spacial score (nSPS) is 9.80. The number of para-hydroxylation sites is 1. The number of anilines is 1. The van der Waals surface area contributed by atoms with Crippen molar-refractivity contribution in [2.75, 3.05) is 25.6 Å². The Kier molecular flexibility index (Phi) is 4.16. The summed E-state index contributed by atoms with van der Waals surface area (Å²) in [6, 6.07) is 8.11. The largest absolute Gasteiger partial charge is 0.469 e. The van der Waals surface area contributed by atoms with Crippen LogP contribution in [0, 0.1) is 6.92 Å². The number of ether oxygens (including phenoxy) is 1. The molecular weight excluding hydrogens is 190 g/mol. The van der Waals surface area contributed by atoms with Crippen LogP contribution in [0.15, 0.2) is 24.3 Å². The summed E-state index contributed by atoms with van der Waals surface area (Å²) in [7, 11) is 3.39. The van der Waals surface area contributed by atoms with Crippen molar-refractivity contribution < 1.29 is 9.53 Å². The van der Waals surface area contributed by atoms with Gasteiger partial charge in [0.1, 0.15) is 0 Å². The second-order valence-corrected chi connectivity index (χ2v) is 3.53. The maximum Gasteiger partial charge on any atom is 0.307 e. The van der Waals surface area contributed by atoms with Gasteiger partial charge < -0.3 is 9.64 Å². The maximum atomic E-state index is 11.0. The molecule has 0 aliphatic carbocycles. The van der Waals surface area contributed by atoms with Crippen LogP contribution in [-0.4, -0.2) is 26.7 Å². The third-order valence-corrected chi connectivity index (χ3v) is 2.41. The molecular formula is C12H17NO2. The minimum atomic E-state index is -0.171. The fraction of sp³-hybridized carbons (Fsp3) is 0.417. The highest BCUT2D eigenvalue weighted by Crippen LogP contribution is 2.17. The standard InChI is InChI=1S/C12H17NO2/c1-10-6-4-5-7-11(10)13(2)9-8-12(14)15-3/h4-7H,8-9H2,1-3H3. The van der Waals surface area contributed by atoms with Gasteiger partial charge in [-0.1, -0.05) is 18.2 Å². The molecule has 0 N–H and O–H groups in total. The molecule has 3 heteroatoms. The molecule has 0 heterocycles. The van der Waals surface area contributed by atoms with E-state index in [2.05, 4.69) is 22.6 Å². The second-order valence-electron chi connectivity index (χ2n) is 3.53. The fourth-order valence-electron chi connectivity index (χ4n) is 1.47. The first kappa shape index (κ1) is 11.6. The molecule has 0 aromatic heterocycles. The summed E-state index contributed by atoms with van der Waals surface area (Å²) in [5.74, 6) is -0.171. The lowest BCUT2D eigenvalue weighted by Gasteiger charge is -2.20. The highest BCUT2D eigenvalue weighted by atomic mass is 16.5. The number of esters is 1. The average Bonchev–Trinajstić information content (AvgIpc) is 2.26. The van der Waals surface area contributed by atoms with E-state index < -0.39 is 0 Å². The number of aryl methyl sites for hydroxylation is 1. The zero-order valence-electron chi connectivity index (χ0n) is 9.49. The summed E-state index contributed by atoms with van der Waals surface area (Å²) in [6.07, 6.45) is 0.418. The van der Waals surface area contributed by atoms with Crippen molar-refractivity contribution in [3.05, 3.63) is 29.8 Å². The first-order valence-electron chi connectivity index (χ1n) is 4.98. The van der Waals surface area contributed by atoms with Crippen LogP contribution in [0.4, 0.5) is 5.69 Å². The Hall–Kier alpha value is -1.51. The molecule has 0 fully saturated rings. The van der Waals surface area contributed by atoms with Crippen LogP contribution < -0.4 is 4.90 Å². The number of nitrogens with zero attached hydrogens (tertiary/aromatic N) is 1. The first-order chi connectivity index (χ1) is 7.15. The second kappa shape index (κ2) is 5.39. The van der Waals surface area contributed by atoms with E-state index in [-0.39, 0.29) is 5.97 Å². The van der Waals surface area contributed by atoms with Crippen molar-refractivity contribution in [2.45, 2.75) is 13.3 Å². The monoisotopic (exact) mass is 207 g/mol. The van der Waals surface area contributed by atoms with Crippen molar-refractivity contribution in [2.24, 2.45) is 0 Å². The lowest BCUT2D eigenvalue weighted by Crippen LogP contribution is -2.22. The highest BCUT2D eigenvalue weighted by Gasteiger charge is 2.06. The minimum absolute atomic E-state index is 0.171. The van der Waals surface area contributed by atoms with Gasteiger partial charge >= 0.3 is 5.97 Å². The molecule has 0 amide bonds. The van der Waals surface area contributed by atoms with E-state index in [4.69, 9.17) is 0 Å². The van der Waals surface area contributed by atoms with Crippen LogP contribution in [0.3, 0.4) is 0 Å². The quantitative estimate of drug-likeness (QED) is 0.707. The smallest absolute Gasteiger partial charge is 0.307 e. The van der Waals surface area contributed by atoms with E-state index in [1.807, 2.05) is 25.2 Å². The van der Waals surface area contributed by atoms with E-state index in [9.17, 15) is 4.79 Å². The highest BCUT2D eigenvalue weighted by molar-refractivity contribution is 5.70. The van der Waals surface area contributed by atoms with Gasteiger partial charge in [0.2, 0.25) is 0 Å². The molecule has 3 nitrogen and oxygen atoms in total. The van der Waals surface area contributed by atoms with Gasteiger partial charge in [-0.05, 0) is 18.6 Å². The molecule has 1 rings (SSSR count). The topological polar surface area (TPSA) is 29.5 Å². The van der Waals surface area contributed by atoms with Gasteiger partial charge in [0.15, 0.2) is 0 Å². The van der Waals surface area contributed by atoms with Gasteiger partial charge in [-0.15, -0.1) is 0 Å². The van der Waals surface area contributed by atoms with Crippen molar-refractivity contribution in [1.29, 1.82) is 0 Å². The van der Waals surface area contributed by atoms with Crippen LogP contribution in [0.5, 0.6) is 0 Å². The predicted molar refractivity (Wildman–Crippen MR) is 61.1 cm³/mol. The van der Waals surface area contributed by atoms with E-state index >= 15 is 0 Å². The van der Waals surface area contributed by atoms with Crippen molar-refractivity contribution in [1.82, 2.24) is 0 Å². The lowest BCUT2D eigenvalue weighted by molar-refractivity contribution is -0.140. The summed E-state index contributed by atoms with van der Waals surface area (Å²) in [4.78, 5) is 13.0. The molecule has 0 aliphatic heterocycles. The Morgan fingerprint density at radius 1 is 1.40 bits per heavy atom. The summed E-state index contributed by atoms with van der Waals surface area (Å²) >= 11 is 0. The van der Waals surface area contributed by atoms with Crippen LogP contribution in [0.1, 0.15) is 12.0 Å². The number of carbonyl (C=O) groups is 1. The molecule has 0 saturated carbocycles. The third kappa shape index (κ3) is 3.27. The van der Waals surface area contributed by atoms with E-state index in [1.54, 1.807) is 0 Å². The Morgan fingerprint density at radius 3 is 2.67 bits per heavy atom. The van der Waals surface area contributed by atoms with Gasteiger partial charge in [-0.2, -0.15) is 0 Å². The number of rotatable bonds is 4. The number of carbonyl (C=O) groups excluding carboxylic acids is 1. The Balaban J connectivity index is 2.57. The molecule has 82 valence electrons. The zero-order chi connectivity index (χ0) is 11.3. The third-order valence-electron chi connectivity index (χ3n) is 2.41. The van der Waals surface area contributed by atoms with Crippen LogP contribution in [0.25, 0.3) is 0 Å². The molecule has 0 aliphatic rings. The molecule has 0 bridgehead atoms. The van der Waals surface area contributed by atoms with E-state index in [0.717, 1.165) is 5.69 Å². The van der Waals surface area contributed by atoms with Crippen LogP contribution in [-0.2, 0) is 9.53 Å². The summed E-state index contributed by atoms with van der Waals surface area (Å²) in [5, 5.41) is 0. The zero-order valence-corrected chi connectivity index (χ0v) is 9.49. The van der Waals surface area contributed by atoms with Gasteiger partial charge in [0, 0.05) is 19.3 Å². The summed E-state index contributed by atoms with van der Waals surface area (Å²) in [6.45, 7) is 2.74. The van der Waals surface area contributed by atoms with Crippen molar-refractivity contribution in [3.8, 4) is 0 Å². The maximum absolute atomic E-state index is 11.0. The Bertz CT molecular complexity index is 336. The molecule has 1 aromatic rings. The molecule has 0 unspecified atom stereocenters. The predicted octanol–water partition coefficient (Wildman–Crippen LogP) is 1.99. The number of benzene rings is 1. The van der Waals surface area contributed by atoms with Gasteiger partial charge in [0.25, 0.3) is 0 Å². The number of hydrogen-bond donors (Lipinski definition) is 0. The van der Waals surface area contributed by atoms with E-state index in [1.165, 1.54) is 12.7 Å². The van der Waals surface area contributed by atoms with Crippen molar-refractivity contribution in [3.63, 3.8) is 0 Å². The van der Waals surface area contributed by atoms with Crippen LogP contribution >= 0.6 is 0 Å². The van der Waals surface area contributed by atoms with Gasteiger partial charge in [-0.3, -0.25) is 4.79 Å². The van der Waals surface area contributed by atoms with Gasteiger partial charge in [-0.25, -0.2) is 0 Å². The molecule has 0 saturated heterocycles. The van der Waals surface area contributed by atoms with Crippen LogP contribution in [0.2, 0.25) is 0 Å². The SMILES string of the molecule is COC(=O)CCN(C)c1ccccc1C. The molecule has 0 atom stereocenters. The first-order valence-corrected chi connectivity index (χ1v) is 4.98. The minimum Gasteiger partial charge on any atom is -0.469 e. The Morgan fingerprint density at radius 2 is 2.07 bits per heavy atom. The summed E-state index contributed by atoms with van der Waals surface area (Å²) in [5.41, 5.74) is 2.37. The number of hydrogen-bond acceptors (Lipinski definition) is 3. The number of methoxy groups -OCH3 is 1. The molecule has 15 heavy (non-hydrogen) atoms. The summed E-state index contributed by atoms with van der Waals surface area (Å²) < 4.78 is 4.60. The molecule has 0 radical (unpaired) electrons. The van der Waals surface area contributed by atoms with E-state index in [0.29, 0.717) is 13.0 Å². The van der Waals surface area contributed by atoms with Crippen molar-refractivity contribution >= 4 is 11.7 Å². The fourth-order valence-corrected chi connectivity index (χ4v) is 1.47. The average molecular weight is 207 g/mol. The van der Waals surface area contributed by atoms with Gasteiger partial charge in [0.05, 0.1) is 13.5 Å². The molecule has 0 spiro atoms. The lowest BCUT2D eigenvalue weighted by atomic mass is 10.2. The Labute approximate surface area is 90.7 Å². The molecule has 1 aromatic carbocycles.